The molecule has 0 aliphatic carbocycles. The number of rotatable bonds is 5. The Balaban J connectivity index is 1.64. The predicted molar refractivity (Wildman–Crippen MR) is 108 cm³/mol. The van der Waals surface area contributed by atoms with Crippen LogP contribution >= 0.6 is 0 Å². The largest absolute Gasteiger partial charge is 0.506 e. The fourth-order valence-corrected chi connectivity index (χ4v) is 3.10. The van der Waals surface area contributed by atoms with Crippen LogP contribution in [0.5, 0.6) is 5.75 Å². The summed E-state index contributed by atoms with van der Waals surface area (Å²) in [6.07, 6.45) is 0. The lowest BCUT2D eigenvalue weighted by atomic mass is 10.1. The lowest BCUT2D eigenvalue weighted by Crippen LogP contribution is -2.31. The van der Waals surface area contributed by atoms with Gasteiger partial charge in [0.1, 0.15) is 11.3 Å². The molecule has 0 saturated carbocycles. The van der Waals surface area contributed by atoms with Crippen molar-refractivity contribution >= 4 is 22.6 Å². The number of carbonyl (C=O) groups is 2. The standard InChI is InChI=1S/C23H23NO4/c1-15-8-9-18(16(2)12-15)13-24(3)21(25)14-28-23(27)20-11-10-17-6-4-5-7-19(17)22(20)26/h4-12,26H,13-14H2,1-3H3. The van der Waals surface area contributed by atoms with Gasteiger partial charge in [0.2, 0.25) is 0 Å². The summed E-state index contributed by atoms with van der Waals surface area (Å²) in [6, 6.07) is 16.5. The Morgan fingerprint density at radius 1 is 1.04 bits per heavy atom. The second-order valence-electron chi connectivity index (χ2n) is 6.94. The lowest BCUT2D eigenvalue weighted by molar-refractivity contribution is -0.133. The van der Waals surface area contributed by atoms with Gasteiger partial charge in [-0.1, -0.05) is 54.1 Å². The van der Waals surface area contributed by atoms with Crippen molar-refractivity contribution < 1.29 is 19.4 Å². The molecule has 0 fully saturated rings. The molecule has 3 aromatic carbocycles. The molecule has 0 radical (unpaired) electrons. The number of carbonyl (C=O) groups excluding carboxylic acids is 2. The van der Waals surface area contributed by atoms with Gasteiger partial charge in [-0.15, -0.1) is 0 Å². The number of hydrogen-bond donors (Lipinski definition) is 1. The van der Waals surface area contributed by atoms with Gasteiger partial charge in [-0.25, -0.2) is 4.79 Å². The highest BCUT2D eigenvalue weighted by Crippen LogP contribution is 2.29. The van der Waals surface area contributed by atoms with Gasteiger partial charge in [0.25, 0.3) is 5.91 Å². The zero-order valence-electron chi connectivity index (χ0n) is 16.2. The van der Waals surface area contributed by atoms with Crippen LogP contribution in [0.2, 0.25) is 0 Å². The Morgan fingerprint density at radius 3 is 2.54 bits per heavy atom. The number of hydrogen-bond acceptors (Lipinski definition) is 4. The van der Waals surface area contributed by atoms with Crippen LogP contribution in [0.25, 0.3) is 10.8 Å². The third kappa shape index (κ3) is 4.14. The van der Waals surface area contributed by atoms with Gasteiger partial charge in [-0.05, 0) is 36.4 Å². The van der Waals surface area contributed by atoms with E-state index in [-0.39, 0.29) is 23.8 Å². The van der Waals surface area contributed by atoms with E-state index in [2.05, 4.69) is 6.07 Å². The van der Waals surface area contributed by atoms with Crippen LogP contribution in [-0.4, -0.2) is 35.5 Å². The maximum Gasteiger partial charge on any atom is 0.342 e. The van der Waals surface area contributed by atoms with Gasteiger partial charge in [-0.2, -0.15) is 0 Å². The second kappa shape index (κ2) is 8.13. The Hall–Kier alpha value is -3.34. The molecule has 0 unspecified atom stereocenters. The molecule has 5 nitrogen and oxygen atoms in total. The predicted octanol–water partition coefficient (Wildman–Crippen LogP) is 3.98. The monoisotopic (exact) mass is 377 g/mol. The number of aromatic hydroxyl groups is 1. The number of nitrogens with zero attached hydrogens (tertiary/aromatic N) is 1. The zero-order valence-corrected chi connectivity index (χ0v) is 16.2. The molecule has 0 spiro atoms. The summed E-state index contributed by atoms with van der Waals surface area (Å²) in [7, 11) is 1.67. The van der Waals surface area contributed by atoms with Crippen LogP contribution in [0.1, 0.15) is 27.0 Å². The molecule has 1 amide bonds. The SMILES string of the molecule is Cc1ccc(CN(C)C(=O)COC(=O)c2ccc3ccccc3c2O)c(C)c1. The smallest absolute Gasteiger partial charge is 0.342 e. The van der Waals surface area contributed by atoms with Crippen LogP contribution in [0.3, 0.4) is 0 Å². The first-order valence-corrected chi connectivity index (χ1v) is 9.04. The number of fused-ring (bicyclic) bond motifs is 1. The van der Waals surface area contributed by atoms with E-state index in [0.29, 0.717) is 11.9 Å². The number of phenolic OH excluding ortho intramolecular Hbond substituents is 1. The topological polar surface area (TPSA) is 66.8 Å². The molecule has 0 atom stereocenters. The summed E-state index contributed by atoms with van der Waals surface area (Å²) >= 11 is 0. The van der Waals surface area contributed by atoms with Gasteiger partial charge in [-0.3, -0.25) is 4.79 Å². The highest BCUT2D eigenvalue weighted by Gasteiger charge is 2.18. The van der Waals surface area contributed by atoms with E-state index >= 15 is 0 Å². The Bertz CT molecular complexity index is 1040. The van der Waals surface area contributed by atoms with Gasteiger partial charge >= 0.3 is 5.97 Å². The summed E-state index contributed by atoms with van der Waals surface area (Å²) in [5.74, 6) is -1.18. The Labute approximate surface area is 164 Å². The Morgan fingerprint density at radius 2 is 1.79 bits per heavy atom. The maximum absolute atomic E-state index is 12.3. The van der Waals surface area contributed by atoms with Crippen molar-refractivity contribution in [1.29, 1.82) is 0 Å². The molecule has 0 saturated heterocycles. The highest BCUT2D eigenvalue weighted by atomic mass is 16.5. The van der Waals surface area contributed by atoms with Crippen LogP contribution in [0, 0.1) is 13.8 Å². The summed E-state index contributed by atoms with van der Waals surface area (Å²) < 4.78 is 5.14. The first-order chi connectivity index (χ1) is 13.4. The molecule has 3 rings (SSSR count). The fourth-order valence-electron chi connectivity index (χ4n) is 3.10. The lowest BCUT2D eigenvalue weighted by Gasteiger charge is -2.19. The fraction of sp³-hybridized carbons (Fsp3) is 0.217. The number of esters is 1. The van der Waals surface area contributed by atoms with Gasteiger partial charge < -0.3 is 14.7 Å². The van der Waals surface area contributed by atoms with E-state index in [4.69, 9.17) is 4.74 Å². The van der Waals surface area contributed by atoms with Crippen LogP contribution in [0.15, 0.2) is 54.6 Å². The minimum atomic E-state index is -0.725. The van der Waals surface area contributed by atoms with Crippen molar-refractivity contribution in [2.24, 2.45) is 0 Å². The summed E-state index contributed by atoms with van der Waals surface area (Å²) in [5.41, 5.74) is 3.36. The second-order valence-corrected chi connectivity index (χ2v) is 6.94. The van der Waals surface area contributed by atoms with Crippen molar-refractivity contribution in [3.05, 3.63) is 76.9 Å². The van der Waals surface area contributed by atoms with Crippen molar-refractivity contribution in [1.82, 2.24) is 4.90 Å². The normalized spacial score (nSPS) is 10.7. The van der Waals surface area contributed by atoms with E-state index in [9.17, 15) is 14.7 Å². The van der Waals surface area contributed by atoms with E-state index < -0.39 is 5.97 Å². The van der Waals surface area contributed by atoms with Gasteiger partial charge in [0, 0.05) is 19.0 Å². The van der Waals surface area contributed by atoms with Crippen LogP contribution < -0.4 is 0 Å². The van der Waals surface area contributed by atoms with Crippen molar-refractivity contribution in [2.75, 3.05) is 13.7 Å². The minimum absolute atomic E-state index is 0.0449. The third-order valence-electron chi connectivity index (χ3n) is 4.78. The average molecular weight is 377 g/mol. The quantitative estimate of drug-likeness (QED) is 0.683. The molecular formula is C23H23NO4. The summed E-state index contributed by atoms with van der Waals surface area (Å²) in [6.45, 7) is 4.08. The van der Waals surface area contributed by atoms with Crippen molar-refractivity contribution in [2.45, 2.75) is 20.4 Å². The molecule has 1 N–H and O–H groups in total. The third-order valence-corrected chi connectivity index (χ3v) is 4.78. The summed E-state index contributed by atoms with van der Waals surface area (Å²) in [5, 5.41) is 11.7. The molecule has 0 bridgehead atoms. The van der Waals surface area contributed by atoms with E-state index in [1.807, 2.05) is 38.1 Å². The zero-order chi connectivity index (χ0) is 20.3. The molecule has 28 heavy (non-hydrogen) atoms. The molecular weight excluding hydrogens is 354 g/mol. The number of benzene rings is 3. The van der Waals surface area contributed by atoms with Gasteiger partial charge in [0.15, 0.2) is 6.61 Å². The van der Waals surface area contributed by atoms with Gasteiger partial charge in [0.05, 0.1) is 0 Å². The number of amides is 1. The summed E-state index contributed by atoms with van der Waals surface area (Å²) in [4.78, 5) is 26.2. The molecule has 3 aromatic rings. The molecule has 0 heterocycles. The number of likely N-dealkylation sites (N-methyl/N-ethyl adjacent to an activating group) is 1. The van der Waals surface area contributed by atoms with E-state index in [0.717, 1.165) is 16.5 Å². The number of aryl methyl sites for hydroxylation is 2. The minimum Gasteiger partial charge on any atom is -0.506 e. The van der Waals surface area contributed by atoms with E-state index in [1.165, 1.54) is 16.5 Å². The Kier molecular flexibility index (Phi) is 5.64. The number of phenols is 1. The molecule has 0 aliphatic rings. The van der Waals surface area contributed by atoms with Crippen LogP contribution in [-0.2, 0) is 16.1 Å². The molecule has 0 aliphatic heterocycles. The number of ether oxygens (including phenoxy) is 1. The van der Waals surface area contributed by atoms with Crippen LogP contribution in [0.4, 0.5) is 0 Å². The molecule has 0 aromatic heterocycles. The highest BCUT2D eigenvalue weighted by molar-refractivity contribution is 6.01. The first-order valence-electron chi connectivity index (χ1n) is 9.04. The average Bonchev–Trinajstić information content (AvgIpc) is 2.68. The molecule has 144 valence electrons. The first kappa shape index (κ1) is 19.4. The van der Waals surface area contributed by atoms with E-state index in [1.54, 1.807) is 25.2 Å². The van der Waals surface area contributed by atoms with Crippen molar-refractivity contribution in [3.63, 3.8) is 0 Å². The molecule has 5 heteroatoms. The maximum atomic E-state index is 12.3. The van der Waals surface area contributed by atoms with Crippen molar-refractivity contribution in [3.8, 4) is 5.75 Å².